The number of hydrogen-bond donors (Lipinski definition) is 1. The number of rotatable bonds is 2. The molecule has 1 fully saturated rings. The molecule has 0 aromatic carbocycles. The summed E-state index contributed by atoms with van der Waals surface area (Å²) in [5.41, 5.74) is 5.98. The van der Waals surface area contributed by atoms with E-state index in [4.69, 9.17) is 5.73 Å². The van der Waals surface area contributed by atoms with Gasteiger partial charge < -0.3 is 10.6 Å². The van der Waals surface area contributed by atoms with Gasteiger partial charge in [-0.15, -0.1) is 0 Å². The molecule has 1 heterocycles. The first-order valence-electron chi connectivity index (χ1n) is 6.40. The molecule has 2 nitrogen and oxygen atoms in total. The minimum absolute atomic E-state index is 0.447. The summed E-state index contributed by atoms with van der Waals surface area (Å²) >= 11 is 0. The van der Waals surface area contributed by atoms with Gasteiger partial charge in [0.2, 0.25) is 0 Å². The molecule has 3 unspecified atom stereocenters. The van der Waals surface area contributed by atoms with Gasteiger partial charge in [0, 0.05) is 18.6 Å². The predicted octanol–water partition coefficient (Wildman–Crippen LogP) is 2.15. The van der Waals surface area contributed by atoms with Gasteiger partial charge in [0.1, 0.15) is 0 Å². The van der Waals surface area contributed by atoms with Gasteiger partial charge in [0.05, 0.1) is 0 Å². The third-order valence-corrected chi connectivity index (χ3v) is 3.92. The van der Waals surface area contributed by atoms with E-state index in [-0.39, 0.29) is 0 Å². The molecule has 2 N–H and O–H groups in total. The summed E-state index contributed by atoms with van der Waals surface area (Å²) in [4.78, 5) is 2.65. The molecule has 0 spiro atoms. The van der Waals surface area contributed by atoms with Crippen molar-refractivity contribution in [1.29, 1.82) is 0 Å². The van der Waals surface area contributed by atoms with Gasteiger partial charge >= 0.3 is 0 Å². The van der Waals surface area contributed by atoms with Crippen LogP contribution in [-0.4, -0.2) is 30.1 Å². The maximum atomic E-state index is 5.98. The Kier molecular flexibility index (Phi) is 3.81. The lowest BCUT2D eigenvalue weighted by Crippen LogP contribution is -2.47. The van der Waals surface area contributed by atoms with E-state index < -0.39 is 0 Å². The van der Waals surface area contributed by atoms with E-state index in [0.717, 1.165) is 5.92 Å². The monoisotopic (exact) mass is 208 g/mol. The molecule has 0 amide bonds. The van der Waals surface area contributed by atoms with E-state index in [0.29, 0.717) is 12.1 Å². The molecule has 0 bridgehead atoms. The maximum absolute atomic E-state index is 5.98. The molecule has 0 radical (unpaired) electrons. The normalized spacial score (nSPS) is 38.1. The summed E-state index contributed by atoms with van der Waals surface area (Å²) in [7, 11) is 0. The minimum Gasteiger partial charge on any atom is -0.328 e. The predicted molar refractivity (Wildman–Crippen MR) is 64.7 cm³/mol. The molecule has 3 atom stereocenters. The lowest BCUT2D eigenvalue weighted by molar-refractivity contribution is 0.122. The highest BCUT2D eigenvalue weighted by Crippen LogP contribution is 2.23. The first-order chi connectivity index (χ1) is 7.25. The highest BCUT2D eigenvalue weighted by Gasteiger charge is 2.25. The van der Waals surface area contributed by atoms with Crippen LogP contribution in [0.5, 0.6) is 0 Å². The second-order valence-electron chi connectivity index (χ2n) is 5.28. The van der Waals surface area contributed by atoms with Crippen LogP contribution in [0.2, 0.25) is 0 Å². The Balaban J connectivity index is 1.80. The van der Waals surface area contributed by atoms with Crippen molar-refractivity contribution in [3.8, 4) is 0 Å². The third-order valence-electron chi connectivity index (χ3n) is 3.92. The number of nitrogens with zero attached hydrogens (tertiary/aromatic N) is 1. The van der Waals surface area contributed by atoms with Crippen molar-refractivity contribution in [1.82, 2.24) is 4.90 Å². The molecule has 0 saturated carbocycles. The van der Waals surface area contributed by atoms with Crippen molar-refractivity contribution in [2.24, 2.45) is 11.7 Å². The molecular weight excluding hydrogens is 184 g/mol. The molecule has 2 rings (SSSR count). The Bertz CT molecular complexity index is 225. The Morgan fingerprint density at radius 1 is 1.33 bits per heavy atom. The second-order valence-corrected chi connectivity index (χ2v) is 5.28. The molecule has 1 aliphatic carbocycles. The number of likely N-dealkylation sites (tertiary alicyclic amines) is 1. The van der Waals surface area contributed by atoms with E-state index in [1.165, 1.54) is 45.2 Å². The van der Waals surface area contributed by atoms with Crippen molar-refractivity contribution < 1.29 is 0 Å². The Hall–Kier alpha value is -0.340. The van der Waals surface area contributed by atoms with Crippen LogP contribution in [0.3, 0.4) is 0 Å². The fourth-order valence-corrected chi connectivity index (χ4v) is 2.88. The van der Waals surface area contributed by atoms with Crippen LogP contribution in [0.25, 0.3) is 0 Å². The minimum atomic E-state index is 0.447. The number of nitrogens with two attached hydrogens (primary N) is 1. The summed E-state index contributed by atoms with van der Waals surface area (Å²) < 4.78 is 0. The quantitative estimate of drug-likeness (QED) is 0.705. The van der Waals surface area contributed by atoms with Crippen molar-refractivity contribution in [3.05, 3.63) is 12.2 Å². The third kappa shape index (κ3) is 3.05. The van der Waals surface area contributed by atoms with Crippen LogP contribution >= 0.6 is 0 Å². The maximum Gasteiger partial charge on any atom is 0.00817 e. The average Bonchev–Trinajstić information content (AvgIpc) is 2.24. The summed E-state index contributed by atoms with van der Waals surface area (Å²) in [6, 6.07) is 1.14. The largest absolute Gasteiger partial charge is 0.328 e. The van der Waals surface area contributed by atoms with Crippen LogP contribution < -0.4 is 5.73 Å². The average molecular weight is 208 g/mol. The van der Waals surface area contributed by atoms with Crippen LogP contribution in [0.1, 0.15) is 39.0 Å². The molecular formula is C13H24N2. The Morgan fingerprint density at radius 3 is 2.87 bits per heavy atom. The van der Waals surface area contributed by atoms with Crippen LogP contribution in [0.15, 0.2) is 12.2 Å². The summed E-state index contributed by atoms with van der Waals surface area (Å²) in [6.45, 7) is 4.83. The summed E-state index contributed by atoms with van der Waals surface area (Å²) in [6.07, 6.45) is 11.0. The SMILES string of the molecule is CC1CC(N)CCN1CC1CC=CCC1. The molecule has 1 aliphatic heterocycles. The van der Waals surface area contributed by atoms with E-state index >= 15 is 0 Å². The molecule has 1 saturated heterocycles. The van der Waals surface area contributed by atoms with E-state index in [9.17, 15) is 0 Å². The van der Waals surface area contributed by atoms with Gasteiger partial charge in [-0.2, -0.15) is 0 Å². The van der Waals surface area contributed by atoms with Gasteiger partial charge in [0.15, 0.2) is 0 Å². The first-order valence-corrected chi connectivity index (χ1v) is 6.40. The summed E-state index contributed by atoms with van der Waals surface area (Å²) in [5.74, 6) is 0.895. The van der Waals surface area contributed by atoms with Crippen molar-refractivity contribution in [2.75, 3.05) is 13.1 Å². The van der Waals surface area contributed by atoms with Gasteiger partial charge in [-0.25, -0.2) is 0 Å². The summed E-state index contributed by atoms with van der Waals surface area (Å²) in [5, 5.41) is 0. The van der Waals surface area contributed by atoms with Gasteiger partial charge in [0.25, 0.3) is 0 Å². The van der Waals surface area contributed by atoms with Gasteiger partial charge in [-0.1, -0.05) is 12.2 Å². The van der Waals surface area contributed by atoms with Crippen molar-refractivity contribution >= 4 is 0 Å². The smallest absolute Gasteiger partial charge is 0.00817 e. The number of hydrogen-bond acceptors (Lipinski definition) is 2. The Labute approximate surface area is 93.5 Å². The lowest BCUT2D eigenvalue weighted by atomic mass is 9.91. The standard InChI is InChI=1S/C13H24N2/c1-11-9-13(14)7-8-15(11)10-12-5-3-2-4-6-12/h2-3,11-13H,4-10,14H2,1H3. The molecule has 2 heteroatoms. The number of allylic oxidation sites excluding steroid dienone is 2. The molecule has 0 aromatic rings. The fourth-order valence-electron chi connectivity index (χ4n) is 2.88. The molecule has 2 aliphatic rings. The lowest BCUT2D eigenvalue weighted by Gasteiger charge is -2.38. The van der Waals surface area contributed by atoms with Crippen LogP contribution in [0, 0.1) is 5.92 Å². The van der Waals surface area contributed by atoms with Gasteiger partial charge in [-0.05, 0) is 51.5 Å². The zero-order valence-electron chi connectivity index (χ0n) is 9.86. The first kappa shape index (κ1) is 11.2. The van der Waals surface area contributed by atoms with Crippen LogP contribution in [0.4, 0.5) is 0 Å². The Morgan fingerprint density at radius 2 is 2.20 bits per heavy atom. The van der Waals surface area contributed by atoms with Crippen molar-refractivity contribution in [3.63, 3.8) is 0 Å². The van der Waals surface area contributed by atoms with Gasteiger partial charge in [-0.3, -0.25) is 0 Å². The fraction of sp³-hybridized carbons (Fsp3) is 0.846. The molecule has 0 aromatic heterocycles. The molecule has 15 heavy (non-hydrogen) atoms. The highest BCUT2D eigenvalue weighted by atomic mass is 15.2. The van der Waals surface area contributed by atoms with E-state index in [1.807, 2.05) is 0 Å². The highest BCUT2D eigenvalue weighted by molar-refractivity contribution is 4.92. The van der Waals surface area contributed by atoms with Crippen molar-refractivity contribution in [2.45, 2.75) is 51.1 Å². The van der Waals surface area contributed by atoms with E-state index in [1.54, 1.807) is 0 Å². The zero-order valence-corrected chi connectivity index (χ0v) is 9.86. The zero-order chi connectivity index (χ0) is 10.7. The number of piperidine rings is 1. The molecule has 86 valence electrons. The van der Waals surface area contributed by atoms with Crippen LogP contribution in [-0.2, 0) is 0 Å². The van der Waals surface area contributed by atoms with E-state index in [2.05, 4.69) is 24.0 Å². The second kappa shape index (κ2) is 5.13. The topological polar surface area (TPSA) is 29.3 Å².